The lowest BCUT2D eigenvalue weighted by Gasteiger charge is -2.06. The van der Waals surface area contributed by atoms with Crippen LogP contribution in [0.15, 0.2) is 0 Å². The van der Waals surface area contributed by atoms with Gasteiger partial charge in [0.1, 0.15) is 6.04 Å². The molecule has 0 fully saturated rings. The molecule has 0 aliphatic carbocycles. The molecule has 0 bridgehead atoms. The maximum Gasteiger partial charge on any atom is 0.321 e. The summed E-state index contributed by atoms with van der Waals surface area (Å²) in [4.78, 5) is 20.8. The number of rotatable bonds is 5. The van der Waals surface area contributed by atoms with E-state index in [0.717, 1.165) is 0 Å². The molecule has 0 saturated carbocycles. The fraction of sp³-hybridized carbons (Fsp3) is 0.600. The van der Waals surface area contributed by atoms with E-state index in [1.807, 2.05) is 0 Å². The quantitative estimate of drug-likeness (QED) is 0.425. The molecular weight excluding hydrogens is 376 g/mol. The van der Waals surface area contributed by atoms with E-state index in [1.54, 1.807) is 45.5 Å². The minimum absolute atomic E-state index is 0.0134. The molecule has 0 amide bonds. The van der Waals surface area contributed by atoms with Gasteiger partial charge in [-0.2, -0.15) is 0 Å². The molecule has 1 unspecified atom stereocenters. The highest BCUT2D eigenvalue weighted by molar-refractivity contribution is 14.1. The molecule has 0 aromatic carbocycles. The number of carbonyl (C=O) groups is 2. The SMILES string of the molecule is O=C(I)CCC(NI)C(=O)O. The summed E-state index contributed by atoms with van der Waals surface area (Å²) in [6.45, 7) is 0. The first-order valence-corrected chi connectivity index (χ1v) is 5.01. The lowest BCUT2D eigenvalue weighted by atomic mass is 10.2. The second-order valence-corrected chi connectivity index (χ2v) is 3.72. The average Bonchev–Trinajstić information content (AvgIpc) is 1.87. The fourth-order valence-corrected chi connectivity index (χ4v) is 1.37. The van der Waals surface area contributed by atoms with Crippen molar-refractivity contribution in [3.05, 3.63) is 0 Å². The van der Waals surface area contributed by atoms with Gasteiger partial charge in [0.25, 0.3) is 0 Å². The molecule has 0 aliphatic heterocycles. The van der Waals surface area contributed by atoms with Crippen LogP contribution in [0.1, 0.15) is 12.8 Å². The average molecular weight is 383 g/mol. The van der Waals surface area contributed by atoms with Crippen LogP contribution in [0.3, 0.4) is 0 Å². The number of hydrogen-bond acceptors (Lipinski definition) is 3. The Morgan fingerprint density at radius 3 is 2.36 bits per heavy atom. The van der Waals surface area contributed by atoms with Crippen LogP contribution in [0.5, 0.6) is 0 Å². The summed E-state index contributed by atoms with van der Waals surface area (Å²) in [7, 11) is 0. The van der Waals surface area contributed by atoms with Gasteiger partial charge in [-0.25, -0.2) is 3.53 Å². The van der Waals surface area contributed by atoms with Crippen LogP contribution in [0.4, 0.5) is 0 Å². The first-order valence-electron chi connectivity index (χ1n) is 2.85. The normalized spacial score (nSPS) is 12.5. The highest BCUT2D eigenvalue weighted by Crippen LogP contribution is 2.03. The number of halogens is 2. The monoisotopic (exact) mass is 383 g/mol. The van der Waals surface area contributed by atoms with Gasteiger partial charge < -0.3 is 5.11 Å². The summed E-state index contributed by atoms with van der Waals surface area (Å²) in [6.07, 6.45) is 0.646. The number of hydrogen-bond donors (Lipinski definition) is 2. The summed E-state index contributed by atoms with van der Waals surface area (Å²) >= 11 is 3.42. The Bertz CT molecular complexity index is 162. The summed E-state index contributed by atoms with van der Waals surface area (Å²) < 4.78 is 2.56. The van der Waals surface area contributed by atoms with Crippen LogP contribution in [0, 0.1) is 0 Å². The number of carbonyl (C=O) groups excluding carboxylic acids is 1. The van der Waals surface area contributed by atoms with Gasteiger partial charge in [0, 0.05) is 29.3 Å². The molecular formula is C5H7I2NO3. The van der Waals surface area contributed by atoms with Crippen molar-refractivity contribution in [2.24, 2.45) is 0 Å². The van der Waals surface area contributed by atoms with Crippen molar-refractivity contribution in [1.29, 1.82) is 0 Å². The van der Waals surface area contributed by atoms with Crippen LogP contribution < -0.4 is 3.53 Å². The second-order valence-electron chi connectivity index (χ2n) is 1.89. The molecule has 2 N–H and O–H groups in total. The summed E-state index contributed by atoms with van der Waals surface area (Å²) in [5.74, 6) is -0.919. The van der Waals surface area contributed by atoms with E-state index in [2.05, 4.69) is 3.53 Å². The Balaban J connectivity index is 3.70. The van der Waals surface area contributed by atoms with Crippen molar-refractivity contribution < 1.29 is 14.7 Å². The van der Waals surface area contributed by atoms with E-state index in [1.165, 1.54) is 0 Å². The minimum atomic E-state index is -0.919. The molecule has 0 rings (SSSR count). The van der Waals surface area contributed by atoms with E-state index >= 15 is 0 Å². The van der Waals surface area contributed by atoms with E-state index in [0.29, 0.717) is 12.8 Å². The van der Waals surface area contributed by atoms with Crippen molar-refractivity contribution >= 4 is 55.2 Å². The summed E-state index contributed by atoms with van der Waals surface area (Å²) in [6, 6.07) is -0.616. The lowest BCUT2D eigenvalue weighted by Crippen LogP contribution is -2.30. The Kier molecular flexibility index (Phi) is 6.43. The second kappa shape index (κ2) is 6.12. The highest BCUT2D eigenvalue weighted by atomic mass is 127. The molecule has 1 atom stereocenters. The number of aliphatic carboxylic acids is 1. The highest BCUT2D eigenvalue weighted by Gasteiger charge is 2.15. The third-order valence-electron chi connectivity index (χ3n) is 1.06. The van der Waals surface area contributed by atoms with Crippen molar-refractivity contribution in [1.82, 2.24) is 3.53 Å². The smallest absolute Gasteiger partial charge is 0.321 e. The largest absolute Gasteiger partial charge is 0.480 e. The molecule has 0 saturated heterocycles. The van der Waals surface area contributed by atoms with E-state index in [-0.39, 0.29) is 3.79 Å². The lowest BCUT2D eigenvalue weighted by molar-refractivity contribution is -0.138. The summed E-state index contributed by atoms with van der Waals surface area (Å²) in [5, 5.41) is 8.51. The van der Waals surface area contributed by atoms with Crippen molar-refractivity contribution in [3.63, 3.8) is 0 Å². The minimum Gasteiger partial charge on any atom is -0.480 e. The number of carboxylic acid groups (broad SMARTS) is 1. The predicted octanol–water partition coefficient (Wildman–Crippen LogP) is 1.12. The molecule has 64 valence electrons. The van der Waals surface area contributed by atoms with Crippen LogP contribution in [0.25, 0.3) is 0 Å². The maximum atomic E-state index is 10.5. The number of nitrogens with one attached hydrogen (secondary N) is 1. The van der Waals surface area contributed by atoms with E-state index in [4.69, 9.17) is 5.11 Å². The topological polar surface area (TPSA) is 66.4 Å². The molecule has 0 aromatic heterocycles. The zero-order valence-electron chi connectivity index (χ0n) is 5.51. The standard InChI is InChI=1S/C5H7I2NO3/c6-4(9)2-1-3(8-7)5(10)11/h3,8H,1-2H2,(H,10,11). The van der Waals surface area contributed by atoms with E-state index < -0.39 is 12.0 Å². The molecule has 6 heteroatoms. The molecule has 0 aliphatic rings. The Labute approximate surface area is 91.7 Å². The van der Waals surface area contributed by atoms with Gasteiger partial charge in [-0.15, -0.1) is 0 Å². The molecule has 4 nitrogen and oxygen atoms in total. The first kappa shape index (κ1) is 11.6. The van der Waals surface area contributed by atoms with Crippen LogP contribution >= 0.6 is 45.5 Å². The Hall–Kier alpha value is 0.560. The third kappa shape index (κ3) is 5.79. The zero-order valence-corrected chi connectivity index (χ0v) is 9.83. The van der Waals surface area contributed by atoms with Crippen molar-refractivity contribution in [2.45, 2.75) is 18.9 Å². The maximum absolute atomic E-state index is 10.5. The third-order valence-corrected chi connectivity index (χ3v) is 2.35. The van der Waals surface area contributed by atoms with E-state index in [9.17, 15) is 9.59 Å². The Morgan fingerprint density at radius 2 is 2.09 bits per heavy atom. The summed E-state index contributed by atoms with van der Waals surface area (Å²) in [5.41, 5.74) is 0. The van der Waals surface area contributed by atoms with Gasteiger partial charge >= 0.3 is 5.97 Å². The van der Waals surface area contributed by atoms with Crippen LogP contribution in [-0.2, 0) is 9.59 Å². The van der Waals surface area contributed by atoms with Crippen LogP contribution in [-0.4, -0.2) is 20.9 Å². The van der Waals surface area contributed by atoms with Gasteiger partial charge in [0.15, 0.2) is 3.79 Å². The van der Waals surface area contributed by atoms with Gasteiger partial charge in [-0.3, -0.25) is 9.59 Å². The number of carboxylic acids is 1. The molecule has 0 radical (unpaired) electrons. The van der Waals surface area contributed by atoms with Crippen molar-refractivity contribution in [2.75, 3.05) is 0 Å². The fourth-order valence-electron chi connectivity index (χ4n) is 0.483. The zero-order chi connectivity index (χ0) is 8.85. The van der Waals surface area contributed by atoms with Gasteiger partial charge in [-0.05, 0) is 29.0 Å². The molecule has 0 heterocycles. The first-order chi connectivity index (χ1) is 5.07. The molecule has 0 spiro atoms. The van der Waals surface area contributed by atoms with Crippen LogP contribution in [0.2, 0.25) is 0 Å². The van der Waals surface area contributed by atoms with Gasteiger partial charge in [0.2, 0.25) is 0 Å². The molecule has 0 aromatic rings. The van der Waals surface area contributed by atoms with Crippen molar-refractivity contribution in [3.8, 4) is 0 Å². The Morgan fingerprint density at radius 1 is 1.55 bits per heavy atom. The molecule has 11 heavy (non-hydrogen) atoms. The van der Waals surface area contributed by atoms with Gasteiger partial charge in [-0.1, -0.05) is 0 Å². The predicted molar refractivity (Wildman–Crippen MR) is 56.8 cm³/mol. The van der Waals surface area contributed by atoms with Gasteiger partial charge in [0.05, 0.1) is 0 Å².